The van der Waals surface area contributed by atoms with Crippen molar-refractivity contribution >= 4 is 23.8 Å². The van der Waals surface area contributed by atoms with Crippen molar-refractivity contribution in [1.29, 1.82) is 0 Å². The van der Waals surface area contributed by atoms with Crippen LogP contribution in [0.5, 0.6) is 0 Å². The largest absolute Gasteiger partial charge is 0.508 e. The van der Waals surface area contributed by atoms with Gasteiger partial charge in [0.25, 0.3) is 0 Å². The van der Waals surface area contributed by atoms with E-state index in [4.69, 9.17) is 4.74 Å². The maximum absolute atomic E-state index is 10.7. The minimum Gasteiger partial charge on any atom is -0.438 e. The average Bonchev–Trinajstić information content (AvgIpc) is 2.28. The summed E-state index contributed by atoms with van der Waals surface area (Å²) in [6, 6.07) is 7.63. The molecule has 1 aromatic rings. The van der Waals surface area contributed by atoms with E-state index in [0.29, 0.717) is 0 Å². The van der Waals surface area contributed by atoms with Gasteiger partial charge in [0.1, 0.15) is 6.61 Å². The summed E-state index contributed by atoms with van der Waals surface area (Å²) in [6.07, 6.45) is 1.29. The Hall–Kier alpha value is -1.36. The normalized spacial score (nSPS) is 9.47. The first kappa shape index (κ1) is 11.7. The van der Waals surface area contributed by atoms with E-state index >= 15 is 0 Å². The third-order valence-electron chi connectivity index (χ3n) is 1.70. The number of anilines is 1. The first-order valence-corrected chi connectivity index (χ1v) is 5.57. The number of methoxy groups -OCH3 is 1. The fourth-order valence-electron chi connectivity index (χ4n) is 0.988. The Labute approximate surface area is 93.1 Å². The number of nitrogens with one attached hydrogen (secondary N) is 1. The molecule has 1 rings (SSSR count). The molecule has 0 radical (unpaired) electrons. The van der Waals surface area contributed by atoms with Crippen LogP contribution in [0.3, 0.4) is 0 Å². The van der Waals surface area contributed by atoms with Gasteiger partial charge < -0.3 is 14.2 Å². The standard InChI is InChI=1S/C10H13NO3S/c1-13-10(12)14-7-8-3-5-9(6-4-8)11-15-2/h3-6,11H,7H2,1-2H3. The molecule has 0 spiro atoms. The molecule has 4 nitrogen and oxygen atoms in total. The molecular formula is C10H13NO3S. The van der Waals surface area contributed by atoms with Crippen LogP contribution >= 0.6 is 11.9 Å². The molecule has 0 saturated heterocycles. The summed E-state index contributed by atoms with van der Waals surface area (Å²) in [5.74, 6) is 0. The zero-order valence-corrected chi connectivity index (χ0v) is 9.47. The monoisotopic (exact) mass is 227 g/mol. The van der Waals surface area contributed by atoms with Gasteiger partial charge in [-0.2, -0.15) is 0 Å². The highest BCUT2D eigenvalue weighted by Crippen LogP contribution is 2.13. The van der Waals surface area contributed by atoms with Crippen molar-refractivity contribution < 1.29 is 14.3 Å². The molecule has 1 N–H and O–H groups in total. The van der Waals surface area contributed by atoms with E-state index in [2.05, 4.69) is 9.46 Å². The van der Waals surface area contributed by atoms with Gasteiger partial charge in [-0.25, -0.2) is 4.79 Å². The number of rotatable bonds is 4. The molecule has 82 valence electrons. The number of hydrogen-bond donors (Lipinski definition) is 1. The molecule has 0 aliphatic rings. The molecule has 0 fully saturated rings. The molecule has 0 atom stereocenters. The molecule has 15 heavy (non-hydrogen) atoms. The molecule has 0 unspecified atom stereocenters. The van der Waals surface area contributed by atoms with Gasteiger partial charge in [-0.15, -0.1) is 0 Å². The van der Waals surface area contributed by atoms with Crippen molar-refractivity contribution in [2.45, 2.75) is 6.61 Å². The predicted molar refractivity (Wildman–Crippen MR) is 60.8 cm³/mol. The molecule has 0 aliphatic heterocycles. The van der Waals surface area contributed by atoms with E-state index in [1.54, 1.807) is 0 Å². The van der Waals surface area contributed by atoms with Crippen LogP contribution in [0.25, 0.3) is 0 Å². The summed E-state index contributed by atoms with van der Waals surface area (Å²) in [5.41, 5.74) is 1.94. The molecule has 5 heteroatoms. The third kappa shape index (κ3) is 4.12. The minimum absolute atomic E-state index is 0.228. The molecule has 0 bridgehead atoms. The predicted octanol–water partition coefficient (Wildman–Crippen LogP) is 2.66. The number of ether oxygens (including phenoxy) is 2. The van der Waals surface area contributed by atoms with Crippen LogP contribution < -0.4 is 4.72 Å². The molecule has 0 aromatic heterocycles. The van der Waals surface area contributed by atoms with Crippen molar-refractivity contribution in [2.75, 3.05) is 18.1 Å². The summed E-state index contributed by atoms with van der Waals surface area (Å²) in [6.45, 7) is 0.228. The van der Waals surface area contributed by atoms with E-state index in [-0.39, 0.29) is 6.61 Å². The summed E-state index contributed by atoms with van der Waals surface area (Å²) < 4.78 is 12.2. The zero-order valence-electron chi connectivity index (χ0n) is 8.65. The second-order valence-corrected chi connectivity index (χ2v) is 3.36. The van der Waals surface area contributed by atoms with Gasteiger partial charge in [0.05, 0.1) is 7.11 Å². The van der Waals surface area contributed by atoms with Crippen LogP contribution in [-0.4, -0.2) is 19.5 Å². The van der Waals surface area contributed by atoms with Crippen LogP contribution in [0.4, 0.5) is 10.5 Å². The van der Waals surface area contributed by atoms with Crippen LogP contribution in [0.15, 0.2) is 24.3 Å². The Morgan fingerprint density at radius 2 is 2.07 bits per heavy atom. The van der Waals surface area contributed by atoms with Crippen LogP contribution in [0.2, 0.25) is 0 Å². The van der Waals surface area contributed by atoms with Gasteiger partial charge in [-0.05, 0) is 17.7 Å². The quantitative estimate of drug-likeness (QED) is 0.633. The lowest BCUT2D eigenvalue weighted by molar-refractivity contribution is 0.0669. The highest BCUT2D eigenvalue weighted by molar-refractivity contribution is 7.99. The Balaban J connectivity index is 2.45. The molecule has 1 aromatic carbocycles. The van der Waals surface area contributed by atoms with Gasteiger partial charge in [0.2, 0.25) is 0 Å². The van der Waals surface area contributed by atoms with Crippen LogP contribution in [0.1, 0.15) is 5.56 Å². The first-order chi connectivity index (χ1) is 7.26. The van der Waals surface area contributed by atoms with Crippen molar-refractivity contribution in [3.8, 4) is 0 Å². The lowest BCUT2D eigenvalue weighted by Crippen LogP contribution is -2.03. The fourth-order valence-corrected chi connectivity index (χ4v) is 1.36. The molecule has 0 saturated carbocycles. The maximum Gasteiger partial charge on any atom is 0.508 e. The Morgan fingerprint density at radius 3 is 2.60 bits per heavy atom. The number of carbonyl (C=O) groups is 1. The SMILES string of the molecule is COC(=O)OCc1ccc(NSC)cc1. The van der Waals surface area contributed by atoms with E-state index in [9.17, 15) is 4.79 Å². The van der Waals surface area contributed by atoms with Crippen molar-refractivity contribution in [3.63, 3.8) is 0 Å². The summed E-state index contributed by atoms with van der Waals surface area (Å²) in [4.78, 5) is 10.7. The van der Waals surface area contributed by atoms with Gasteiger partial charge in [0.15, 0.2) is 0 Å². The van der Waals surface area contributed by atoms with Crippen LogP contribution in [0, 0.1) is 0 Å². The Kier molecular flexibility index (Phi) is 4.83. The van der Waals surface area contributed by atoms with E-state index in [0.717, 1.165) is 11.3 Å². The van der Waals surface area contributed by atoms with Crippen molar-refractivity contribution in [1.82, 2.24) is 0 Å². The van der Waals surface area contributed by atoms with Gasteiger partial charge in [-0.1, -0.05) is 24.1 Å². The fraction of sp³-hybridized carbons (Fsp3) is 0.300. The number of benzene rings is 1. The molecule has 0 heterocycles. The number of hydrogen-bond acceptors (Lipinski definition) is 5. The van der Waals surface area contributed by atoms with Crippen molar-refractivity contribution in [2.24, 2.45) is 0 Å². The minimum atomic E-state index is -0.665. The Morgan fingerprint density at radius 1 is 1.40 bits per heavy atom. The van der Waals surface area contributed by atoms with Crippen LogP contribution in [-0.2, 0) is 16.1 Å². The first-order valence-electron chi connectivity index (χ1n) is 4.35. The Bertz CT molecular complexity index is 313. The third-order valence-corrected chi connectivity index (χ3v) is 2.14. The summed E-state index contributed by atoms with van der Waals surface area (Å²) in [5, 5.41) is 0. The smallest absolute Gasteiger partial charge is 0.438 e. The maximum atomic E-state index is 10.7. The van der Waals surface area contributed by atoms with E-state index in [1.165, 1.54) is 19.1 Å². The second kappa shape index (κ2) is 6.19. The highest BCUT2D eigenvalue weighted by Gasteiger charge is 2.00. The average molecular weight is 227 g/mol. The highest BCUT2D eigenvalue weighted by atomic mass is 32.2. The van der Waals surface area contributed by atoms with E-state index in [1.807, 2.05) is 30.5 Å². The molecular weight excluding hydrogens is 214 g/mol. The molecule has 0 aliphatic carbocycles. The summed E-state index contributed by atoms with van der Waals surface area (Å²) in [7, 11) is 1.29. The molecule has 0 amide bonds. The lowest BCUT2D eigenvalue weighted by atomic mass is 10.2. The van der Waals surface area contributed by atoms with E-state index < -0.39 is 6.16 Å². The van der Waals surface area contributed by atoms with Gasteiger partial charge >= 0.3 is 6.16 Å². The van der Waals surface area contributed by atoms with Gasteiger partial charge in [-0.3, -0.25) is 0 Å². The lowest BCUT2D eigenvalue weighted by Gasteiger charge is -2.05. The topological polar surface area (TPSA) is 47.6 Å². The van der Waals surface area contributed by atoms with Gasteiger partial charge in [0, 0.05) is 11.9 Å². The van der Waals surface area contributed by atoms with Crippen molar-refractivity contribution in [3.05, 3.63) is 29.8 Å². The number of carbonyl (C=O) groups excluding carboxylic acids is 1. The summed E-state index contributed by atoms with van der Waals surface area (Å²) >= 11 is 1.53. The zero-order chi connectivity index (χ0) is 11.1. The second-order valence-electron chi connectivity index (χ2n) is 2.75.